The number of imide groups is 1. The van der Waals surface area contributed by atoms with Crippen LogP contribution in [-0.4, -0.2) is 35.3 Å². The molecule has 2 N–H and O–H groups in total. The third kappa shape index (κ3) is 3.38. The van der Waals surface area contributed by atoms with E-state index in [2.05, 4.69) is 22.8 Å². The number of rotatable bonds is 7. The molecule has 26 heavy (non-hydrogen) atoms. The number of fused-ring (bicyclic) bond motifs is 2. The van der Waals surface area contributed by atoms with Gasteiger partial charge in [0.2, 0.25) is 5.91 Å². The number of furan rings is 1. The quantitative estimate of drug-likeness (QED) is 0.575. The highest BCUT2D eigenvalue weighted by atomic mass is 16.3. The topological polar surface area (TPSA) is 91.7 Å². The van der Waals surface area contributed by atoms with Crippen LogP contribution >= 0.6 is 0 Å². The summed E-state index contributed by atoms with van der Waals surface area (Å²) in [7, 11) is 0. The van der Waals surface area contributed by atoms with Gasteiger partial charge in [-0.2, -0.15) is 0 Å². The molecule has 2 heterocycles. The number of hydrogen-bond donors (Lipinski definition) is 2. The Labute approximate surface area is 151 Å². The summed E-state index contributed by atoms with van der Waals surface area (Å²) in [6, 6.07) is 2.34. The molecular weight excluding hydrogens is 334 g/mol. The first kappa shape index (κ1) is 16.9. The fraction of sp³-hybridized carbons (Fsp3) is 0.526. The fourth-order valence-electron chi connectivity index (χ4n) is 4.22. The lowest BCUT2D eigenvalue weighted by atomic mass is 9.93. The van der Waals surface area contributed by atoms with E-state index in [1.807, 2.05) is 0 Å². The lowest BCUT2D eigenvalue weighted by Gasteiger charge is -2.18. The van der Waals surface area contributed by atoms with E-state index >= 15 is 0 Å². The molecule has 1 aliphatic heterocycles. The second-order valence-electron chi connectivity index (χ2n) is 7.39. The lowest BCUT2D eigenvalue weighted by Crippen LogP contribution is -2.34. The van der Waals surface area contributed by atoms with Crippen molar-refractivity contribution < 1.29 is 18.8 Å². The highest BCUT2D eigenvalue weighted by molar-refractivity contribution is 6.04. The van der Waals surface area contributed by atoms with Gasteiger partial charge in [-0.25, -0.2) is 4.79 Å². The summed E-state index contributed by atoms with van der Waals surface area (Å²) in [6.07, 6.45) is 8.96. The first-order chi connectivity index (χ1) is 12.6. The van der Waals surface area contributed by atoms with E-state index in [9.17, 15) is 14.4 Å². The van der Waals surface area contributed by atoms with Crippen LogP contribution in [0, 0.1) is 17.8 Å². The van der Waals surface area contributed by atoms with Crippen molar-refractivity contribution in [1.29, 1.82) is 0 Å². The third-order valence-corrected chi connectivity index (χ3v) is 5.64. The average Bonchev–Trinajstić information content (AvgIpc) is 3.41. The van der Waals surface area contributed by atoms with Crippen LogP contribution < -0.4 is 10.6 Å². The highest BCUT2D eigenvalue weighted by Crippen LogP contribution is 2.42. The zero-order valence-corrected chi connectivity index (χ0v) is 14.5. The summed E-state index contributed by atoms with van der Waals surface area (Å²) in [5.74, 6) is 2.00. The van der Waals surface area contributed by atoms with Gasteiger partial charge in [0.05, 0.1) is 12.8 Å². The number of carbonyl (C=O) groups is 3. The summed E-state index contributed by atoms with van der Waals surface area (Å²) < 4.78 is 5.18. The molecular formula is C19H23N3O4. The van der Waals surface area contributed by atoms with E-state index in [-0.39, 0.29) is 24.8 Å². The number of allylic oxidation sites excluding steroid dienone is 2. The molecule has 2 bridgehead atoms. The van der Waals surface area contributed by atoms with Crippen LogP contribution in [0.3, 0.4) is 0 Å². The Bertz CT molecular complexity index is 727. The fourth-order valence-corrected chi connectivity index (χ4v) is 4.22. The lowest BCUT2D eigenvalue weighted by molar-refractivity contribution is -0.128. The molecule has 7 heteroatoms. The van der Waals surface area contributed by atoms with Crippen LogP contribution in [0.5, 0.6) is 0 Å². The monoisotopic (exact) mass is 357 g/mol. The molecule has 1 saturated heterocycles. The molecule has 0 radical (unpaired) electrons. The number of nitrogens with one attached hydrogen (secondary N) is 2. The molecule has 3 aliphatic rings. The summed E-state index contributed by atoms with van der Waals surface area (Å²) in [4.78, 5) is 37.6. The molecule has 0 aromatic carbocycles. The molecule has 2 fully saturated rings. The van der Waals surface area contributed by atoms with Crippen molar-refractivity contribution in [3.05, 3.63) is 36.3 Å². The van der Waals surface area contributed by atoms with Crippen molar-refractivity contribution in [2.75, 3.05) is 6.54 Å². The standard InChI is InChI=1S/C19H23N3O4/c23-17(20-10-14-9-12-3-4-13(14)8-12)6-5-16-18(24)22(19(25)21-16)11-15-2-1-7-26-15/h1-4,7,12-14,16H,5-6,8-11H2,(H,20,23)(H,21,25). The maximum absolute atomic E-state index is 12.4. The van der Waals surface area contributed by atoms with E-state index in [1.54, 1.807) is 12.1 Å². The molecule has 4 rings (SSSR count). The van der Waals surface area contributed by atoms with Gasteiger partial charge < -0.3 is 15.1 Å². The predicted octanol–water partition coefficient (Wildman–Crippen LogP) is 1.81. The largest absolute Gasteiger partial charge is 0.467 e. The Morgan fingerprint density at radius 2 is 2.19 bits per heavy atom. The number of nitrogens with zero attached hydrogens (tertiary/aromatic N) is 1. The minimum absolute atomic E-state index is 0.0664. The first-order valence-corrected chi connectivity index (χ1v) is 9.19. The molecule has 2 aliphatic carbocycles. The van der Waals surface area contributed by atoms with Gasteiger partial charge in [0.1, 0.15) is 11.8 Å². The second kappa shape index (κ2) is 6.97. The molecule has 138 valence electrons. The van der Waals surface area contributed by atoms with Crippen LogP contribution in [0.1, 0.15) is 31.4 Å². The highest BCUT2D eigenvalue weighted by Gasteiger charge is 2.38. The van der Waals surface area contributed by atoms with Gasteiger partial charge in [-0.1, -0.05) is 12.2 Å². The average molecular weight is 357 g/mol. The summed E-state index contributed by atoms with van der Waals surface area (Å²) >= 11 is 0. The van der Waals surface area contributed by atoms with Crippen LogP contribution in [0.25, 0.3) is 0 Å². The number of hydrogen-bond acceptors (Lipinski definition) is 4. The molecule has 4 atom stereocenters. The van der Waals surface area contributed by atoms with Gasteiger partial charge in [-0.3, -0.25) is 14.5 Å². The van der Waals surface area contributed by atoms with Crippen LogP contribution in [0.2, 0.25) is 0 Å². The number of amides is 4. The van der Waals surface area contributed by atoms with E-state index in [1.165, 1.54) is 12.7 Å². The van der Waals surface area contributed by atoms with Crippen LogP contribution in [-0.2, 0) is 16.1 Å². The molecule has 0 spiro atoms. The summed E-state index contributed by atoms with van der Waals surface area (Å²) in [5.41, 5.74) is 0. The van der Waals surface area contributed by atoms with Gasteiger partial charge in [-0.15, -0.1) is 0 Å². The minimum Gasteiger partial charge on any atom is -0.467 e. The second-order valence-corrected chi connectivity index (χ2v) is 7.39. The Morgan fingerprint density at radius 3 is 2.88 bits per heavy atom. The zero-order chi connectivity index (χ0) is 18.1. The number of urea groups is 1. The van der Waals surface area contributed by atoms with Crippen LogP contribution in [0.15, 0.2) is 35.0 Å². The Hall–Kier alpha value is -2.57. The molecule has 1 saturated carbocycles. The maximum Gasteiger partial charge on any atom is 0.325 e. The van der Waals surface area contributed by atoms with Crippen molar-refractivity contribution >= 4 is 17.8 Å². The normalized spacial score (nSPS) is 29.5. The SMILES string of the molecule is O=C(CCC1NC(=O)N(Cc2ccco2)C1=O)NCC1CC2C=CC1C2. The van der Waals surface area contributed by atoms with Gasteiger partial charge in [-0.05, 0) is 49.1 Å². The van der Waals surface area contributed by atoms with Crippen molar-refractivity contribution in [1.82, 2.24) is 15.5 Å². The van der Waals surface area contributed by atoms with E-state index in [0.29, 0.717) is 36.5 Å². The van der Waals surface area contributed by atoms with Crippen molar-refractivity contribution in [3.63, 3.8) is 0 Å². The maximum atomic E-state index is 12.4. The molecule has 7 nitrogen and oxygen atoms in total. The van der Waals surface area contributed by atoms with Gasteiger partial charge in [0, 0.05) is 13.0 Å². The molecule has 4 amide bonds. The van der Waals surface area contributed by atoms with Crippen molar-refractivity contribution in [2.24, 2.45) is 17.8 Å². The van der Waals surface area contributed by atoms with Gasteiger partial charge in [0.15, 0.2) is 0 Å². The summed E-state index contributed by atoms with van der Waals surface area (Å²) in [6.45, 7) is 0.804. The zero-order valence-electron chi connectivity index (χ0n) is 14.5. The third-order valence-electron chi connectivity index (χ3n) is 5.64. The molecule has 4 unspecified atom stereocenters. The molecule has 1 aromatic rings. The first-order valence-electron chi connectivity index (χ1n) is 9.19. The van der Waals surface area contributed by atoms with E-state index < -0.39 is 12.1 Å². The summed E-state index contributed by atoms with van der Waals surface area (Å²) in [5, 5.41) is 5.63. The Morgan fingerprint density at radius 1 is 1.31 bits per heavy atom. The number of carbonyl (C=O) groups excluding carboxylic acids is 3. The van der Waals surface area contributed by atoms with E-state index in [0.717, 1.165) is 11.3 Å². The van der Waals surface area contributed by atoms with Crippen LogP contribution in [0.4, 0.5) is 4.79 Å². The van der Waals surface area contributed by atoms with Gasteiger partial charge in [0.25, 0.3) is 5.91 Å². The van der Waals surface area contributed by atoms with Crippen molar-refractivity contribution in [2.45, 2.75) is 38.3 Å². The Kier molecular flexibility index (Phi) is 4.53. The van der Waals surface area contributed by atoms with Crippen molar-refractivity contribution in [3.8, 4) is 0 Å². The minimum atomic E-state index is -0.645. The van der Waals surface area contributed by atoms with Gasteiger partial charge >= 0.3 is 6.03 Å². The molecule has 1 aromatic heterocycles. The predicted molar refractivity (Wildman–Crippen MR) is 92.7 cm³/mol. The Balaban J connectivity index is 1.21. The smallest absolute Gasteiger partial charge is 0.325 e. The van der Waals surface area contributed by atoms with E-state index in [4.69, 9.17) is 4.42 Å².